The summed E-state index contributed by atoms with van der Waals surface area (Å²) in [6.45, 7) is 2.44. The lowest BCUT2D eigenvalue weighted by molar-refractivity contribution is -0.0473. The summed E-state index contributed by atoms with van der Waals surface area (Å²) in [7, 11) is 0. The Kier molecular flexibility index (Phi) is 5.72. The second-order valence-electron chi connectivity index (χ2n) is 8.25. The van der Waals surface area contributed by atoms with Crippen LogP contribution in [0.4, 0.5) is 8.78 Å². The summed E-state index contributed by atoms with van der Waals surface area (Å²) >= 11 is 0. The van der Waals surface area contributed by atoms with E-state index in [2.05, 4.69) is 10.4 Å². The normalized spacial score (nSPS) is 19.2. The van der Waals surface area contributed by atoms with Crippen molar-refractivity contribution in [2.75, 3.05) is 6.61 Å². The Bertz CT molecular complexity index is 1060. The van der Waals surface area contributed by atoms with E-state index >= 15 is 0 Å². The molecular weight excluding hydrogens is 410 g/mol. The van der Waals surface area contributed by atoms with Crippen LogP contribution in [0.15, 0.2) is 17.3 Å². The minimum absolute atomic E-state index is 0.00155. The molecule has 4 rings (SSSR count). The van der Waals surface area contributed by atoms with E-state index in [4.69, 9.17) is 4.74 Å². The third-order valence-corrected chi connectivity index (χ3v) is 5.84. The van der Waals surface area contributed by atoms with Crippen LogP contribution < -0.4 is 10.9 Å². The molecule has 0 aliphatic heterocycles. The van der Waals surface area contributed by atoms with Gasteiger partial charge in [-0.2, -0.15) is 9.61 Å². The molecule has 2 saturated carbocycles. The van der Waals surface area contributed by atoms with E-state index in [9.17, 15) is 23.5 Å². The lowest BCUT2D eigenvalue weighted by atomic mass is 9.86. The number of rotatable bonds is 7. The molecule has 8 nitrogen and oxygen atoms in total. The van der Waals surface area contributed by atoms with Crippen molar-refractivity contribution in [3.63, 3.8) is 0 Å². The van der Waals surface area contributed by atoms with Crippen molar-refractivity contribution in [3.05, 3.63) is 33.9 Å². The van der Waals surface area contributed by atoms with Crippen molar-refractivity contribution in [2.24, 2.45) is 5.92 Å². The Morgan fingerprint density at radius 2 is 2.06 bits per heavy atom. The van der Waals surface area contributed by atoms with E-state index in [0.717, 1.165) is 17.4 Å². The predicted octanol–water partition coefficient (Wildman–Crippen LogP) is 2.93. The van der Waals surface area contributed by atoms with Crippen molar-refractivity contribution < 1.29 is 23.4 Å². The summed E-state index contributed by atoms with van der Waals surface area (Å²) in [5.41, 5.74) is -0.245. The Hall–Kier alpha value is -2.91. The van der Waals surface area contributed by atoms with Gasteiger partial charge in [0.1, 0.15) is 5.65 Å². The Morgan fingerprint density at radius 1 is 1.35 bits per heavy atom. The molecule has 2 aromatic rings. The monoisotopic (exact) mass is 436 g/mol. The molecule has 0 aromatic carbocycles. The largest absolute Gasteiger partial charge is 0.501 e. The Morgan fingerprint density at radius 3 is 2.71 bits per heavy atom. The zero-order chi connectivity index (χ0) is 22.2. The third-order valence-electron chi connectivity index (χ3n) is 5.84. The van der Waals surface area contributed by atoms with Gasteiger partial charge in [0.05, 0.1) is 19.1 Å². The fourth-order valence-corrected chi connectivity index (χ4v) is 3.94. The van der Waals surface area contributed by atoms with Crippen molar-refractivity contribution in [2.45, 2.75) is 64.0 Å². The van der Waals surface area contributed by atoms with Crippen LogP contribution in [-0.4, -0.2) is 43.8 Å². The van der Waals surface area contributed by atoms with Gasteiger partial charge in [0.15, 0.2) is 5.56 Å². The molecule has 2 fully saturated rings. The maximum atomic E-state index is 13.6. The van der Waals surface area contributed by atoms with Crippen LogP contribution in [0.3, 0.4) is 0 Å². The fraction of sp³-hybridized carbons (Fsp3) is 0.571. The minimum atomic E-state index is -2.68. The smallest absolute Gasteiger partial charge is 0.270 e. The third kappa shape index (κ3) is 4.42. The molecule has 168 valence electrons. The first-order chi connectivity index (χ1) is 14.8. The number of alkyl halides is 2. The van der Waals surface area contributed by atoms with Gasteiger partial charge in [0.25, 0.3) is 11.5 Å². The fourth-order valence-electron chi connectivity index (χ4n) is 3.94. The highest BCUT2D eigenvalue weighted by Crippen LogP contribution is 2.37. The van der Waals surface area contributed by atoms with Gasteiger partial charge >= 0.3 is 0 Å². The van der Waals surface area contributed by atoms with Crippen LogP contribution in [0.2, 0.25) is 0 Å². The second-order valence-corrected chi connectivity index (χ2v) is 8.25. The number of carbonyl (C=O) groups excluding carboxylic acids is 1. The molecule has 1 amide bonds. The molecule has 0 bridgehead atoms. The first-order valence-corrected chi connectivity index (χ1v) is 10.6. The number of amides is 1. The van der Waals surface area contributed by atoms with Gasteiger partial charge in [-0.25, -0.2) is 8.78 Å². The Balaban J connectivity index is 1.78. The zero-order valence-electron chi connectivity index (χ0n) is 17.3. The van der Waals surface area contributed by atoms with Crippen LogP contribution in [0.1, 0.15) is 61.4 Å². The number of fused-ring (bicyclic) bond motifs is 1. The van der Waals surface area contributed by atoms with Gasteiger partial charge in [-0.05, 0) is 44.6 Å². The molecule has 2 aromatic heterocycles. The highest BCUT2D eigenvalue weighted by Gasteiger charge is 2.36. The number of carbonyl (C=O) groups is 1. The van der Waals surface area contributed by atoms with E-state index in [1.165, 1.54) is 17.0 Å². The number of nitrogens with one attached hydrogen (secondary N) is 1. The summed E-state index contributed by atoms with van der Waals surface area (Å²) in [5.74, 6) is -4.02. The van der Waals surface area contributed by atoms with E-state index < -0.39 is 23.3 Å². The highest BCUT2D eigenvalue weighted by molar-refractivity contribution is 5.96. The molecule has 0 spiro atoms. The molecule has 31 heavy (non-hydrogen) atoms. The molecule has 2 N–H and O–H groups in total. The molecule has 10 heteroatoms. The molecule has 0 atom stereocenters. The summed E-state index contributed by atoms with van der Waals surface area (Å²) in [5, 5.41) is 17.6. The van der Waals surface area contributed by atoms with Crippen LogP contribution in [-0.2, 0) is 11.3 Å². The molecule has 0 radical (unpaired) electrons. The highest BCUT2D eigenvalue weighted by atomic mass is 19.3. The van der Waals surface area contributed by atoms with Crippen molar-refractivity contribution >= 4 is 17.6 Å². The number of halogens is 2. The van der Waals surface area contributed by atoms with Crippen LogP contribution in [0.5, 0.6) is 5.88 Å². The lowest BCUT2D eigenvalue weighted by Crippen LogP contribution is -2.37. The number of hydrogen-bond donors (Lipinski definition) is 2. The summed E-state index contributed by atoms with van der Waals surface area (Å²) in [6, 6.07) is -0.00155. The van der Waals surface area contributed by atoms with Crippen LogP contribution in [0.25, 0.3) is 11.7 Å². The molecule has 2 aliphatic carbocycles. The van der Waals surface area contributed by atoms with Gasteiger partial charge in [-0.3, -0.25) is 14.2 Å². The lowest BCUT2D eigenvalue weighted by Gasteiger charge is -2.29. The van der Waals surface area contributed by atoms with E-state index in [0.29, 0.717) is 17.8 Å². The van der Waals surface area contributed by atoms with E-state index in [-0.39, 0.29) is 49.8 Å². The number of nitrogens with zero attached hydrogens (tertiary/aromatic N) is 3. The topological polar surface area (TPSA) is 97.9 Å². The standard InChI is InChI=1S/C21H26F2N4O4/c1-2-31-10-7-14-11-24-27-18(14)26(12-13-5-8-21(22,23)9-6-13)19(29)16(20(27)30)17(28)25-15-3-4-15/h7,10-11,13,15,30H,2-6,8-9,12H2,1H3,(H,25,28). The number of aromatic hydroxyl groups is 1. The van der Waals surface area contributed by atoms with Gasteiger partial charge in [0.2, 0.25) is 11.8 Å². The SMILES string of the molecule is CCOC=Cc1cnn2c(O)c(C(=O)NC3CC3)c(=O)n(CC3CCC(F)(F)CC3)c12. The molecular formula is C21H26F2N4O4. The van der Waals surface area contributed by atoms with E-state index in [1.54, 1.807) is 6.08 Å². The molecule has 0 saturated heterocycles. The summed E-state index contributed by atoms with van der Waals surface area (Å²) < 4.78 is 34.9. The predicted molar refractivity (Wildman–Crippen MR) is 109 cm³/mol. The zero-order valence-corrected chi connectivity index (χ0v) is 17.3. The van der Waals surface area contributed by atoms with Gasteiger partial charge < -0.3 is 15.2 Å². The maximum Gasteiger partial charge on any atom is 0.270 e. The average Bonchev–Trinajstić information content (AvgIpc) is 3.43. The molecule has 0 unspecified atom stereocenters. The maximum absolute atomic E-state index is 13.6. The molecule has 2 heterocycles. The second kappa shape index (κ2) is 8.32. The van der Waals surface area contributed by atoms with Gasteiger partial charge in [-0.1, -0.05) is 0 Å². The van der Waals surface area contributed by atoms with Crippen molar-refractivity contribution in [3.8, 4) is 5.88 Å². The summed E-state index contributed by atoms with van der Waals surface area (Å²) in [6.07, 6.45) is 6.26. The van der Waals surface area contributed by atoms with Gasteiger partial charge in [-0.15, -0.1) is 0 Å². The van der Waals surface area contributed by atoms with Crippen molar-refractivity contribution in [1.29, 1.82) is 0 Å². The summed E-state index contributed by atoms with van der Waals surface area (Å²) in [4.78, 5) is 26.0. The Labute approximate surface area is 177 Å². The quantitative estimate of drug-likeness (QED) is 0.651. The number of hydrogen-bond acceptors (Lipinski definition) is 5. The average molecular weight is 436 g/mol. The van der Waals surface area contributed by atoms with Gasteiger partial charge in [0, 0.05) is 31.0 Å². The number of aromatic nitrogens is 3. The van der Waals surface area contributed by atoms with E-state index in [1.807, 2.05) is 6.92 Å². The minimum Gasteiger partial charge on any atom is -0.501 e. The first-order valence-electron chi connectivity index (χ1n) is 10.6. The van der Waals surface area contributed by atoms with Crippen LogP contribution >= 0.6 is 0 Å². The van der Waals surface area contributed by atoms with Crippen LogP contribution in [0, 0.1) is 5.92 Å². The number of ether oxygens (including phenoxy) is 1. The van der Waals surface area contributed by atoms with Crippen molar-refractivity contribution in [1.82, 2.24) is 19.5 Å². The molecule has 2 aliphatic rings. The first kappa shape index (κ1) is 21.3.